The van der Waals surface area contributed by atoms with Gasteiger partial charge in [-0.1, -0.05) is 86.8 Å². The molecule has 1 saturated carbocycles. The predicted octanol–water partition coefficient (Wildman–Crippen LogP) is 5.71. The van der Waals surface area contributed by atoms with E-state index in [1.165, 1.54) is 12.8 Å². The molecule has 0 aromatic heterocycles. The van der Waals surface area contributed by atoms with Crippen LogP contribution in [-0.4, -0.2) is 11.4 Å². The summed E-state index contributed by atoms with van der Waals surface area (Å²) in [6.07, 6.45) is 7.45. The smallest absolute Gasteiger partial charge is 0.146 e. The monoisotopic (exact) mass is 382 g/mol. The van der Waals surface area contributed by atoms with Crippen LogP contribution in [-0.2, 0) is 9.36 Å². The van der Waals surface area contributed by atoms with Crippen LogP contribution in [0.25, 0.3) is 0 Å². The molecule has 2 aromatic carbocycles. The first-order valence-electron chi connectivity index (χ1n) is 10.4. The van der Waals surface area contributed by atoms with E-state index in [0.717, 1.165) is 36.3 Å². The first-order valence-corrected chi connectivity index (χ1v) is 12.2. The summed E-state index contributed by atoms with van der Waals surface area (Å²) in [7, 11) is -2.81. The molecule has 0 heterocycles. The molecular weight excluding hydrogens is 351 g/mol. The van der Waals surface area contributed by atoms with Gasteiger partial charge in [-0.05, 0) is 25.2 Å². The van der Waals surface area contributed by atoms with Gasteiger partial charge in [-0.3, -0.25) is 4.79 Å². The lowest BCUT2D eigenvalue weighted by Gasteiger charge is -2.33. The molecule has 1 aliphatic carbocycles. The van der Waals surface area contributed by atoms with Crippen LogP contribution in [0.4, 0.5) is 0 Å². The summed E-state index contributed by atoms with van der Waals surface area (Å²) in [4.78, 5) is 12.4. The molecule has 0 N–H and O–H groups in total. The van der Waals surface area contributed by atoms with Gasteiger partial charge < -0.3 is 4.57 Å². The van der Waals surface area contributed by atoms with E-state index >= 15 is 0 Å². The molecule has 2 atom stereocenters. The Morgan fingerprint density at radius 1 is 0.926 bits per heavy atom. The number of Topliss-reactive ketones (excluding diaryl/α,β-unsaturated/α-hetero) is 1. The highest BCUT2D eigenvalue weighted by molar-refractivity contribution is 7.79. The van der Waals surface area contributed by atoms with Crippen LogP contribution in [0.5, 0.6) is 0 Å². The van der Waals surface area contributed by atoms with Crippen molar-refractivity contribution in [2.45, 2.75) is 63.9 Å². The predicted molar refractivity (Wildman–Crippen MR) is 115 cm³/mol. The fourth-order valence-corrected chi connectivity index (χ4v) is 8.22. The molecule has 2 aromatic rings. The molecular formula is C24H31O2P. The van der Waals surface area contributed by atoms with Crippen LogP contribution in [0.2, 0.25) is 0 Å². The van der Waals surface area contributed by atoms with E-state index in [0.29, 0.717) is 18.6 Å². The third-order valence-corrected chi connectivity index (χ3v) is 9.66. The van der Waals surface area contributed by atoms with Crippen LogP contribution in [0, 0.1) is 5.92 Å². The maximum absolute atomic E-state index is 14.8. The van der Waals surface area contributed by atoms with Crippen molar-refractivity contribution < 1.29 is 9.36 Å². The van der Waals surface area contributed by atoms with Gasteiger partial charge in [0.25, 0.3) is 0 Å². The Kier molecular flexibility index (Phi) is 7.07. The molecule has 2 nitrogen and oxygen atoms in total. The number of hydrogen-bond donors (Lipinski definition) is 0. The van der Waals surface area contributed by atoms with Crippen LogP contribution < -0.4 is 10.6 Å². The minimum absolute atomic E-state index is 0.0607. The van der Waals surface area contributed by atoms with Gasteiger partial charge in [0, 0.05) is 29.1 Å². The average Bonchev–Trinajstić information content (AvgIpc) is 2.90. The number of unbranched alkanes of at least 4 members (excludes halogenated alkanes) is 2. The van der Waals surface area contributed by atoms with E-state index < -0.39 is 7.14 Å². The standard InChI is InChI=1S/C24H31O2P/c1-2-3-6-12-20-19-21(25)13-11-18-24(20)27(26,22-14-7-4-8-15-22)23-16-9-5-10-17-23/h4-5,7-10,14-17,20,24H,2-3,6,11-13,18-19H2,1H3/t20-,24-/m0/s1. The molecule has 0 radical (unpaired) electrons. The van der Waals surface area contributed by atoms with Gasteiger partial charge in [0.2, 0.25) is 0 Å². The zero-order valence-electron chi connectivity index (χ0n) is 16.3. The molecule has 0 aliphatic heterocycles. The molecule has 0 amide bonds. The van der Waals surface area contributed by atoms with E-state index in [9.17, 15) is 9.36 Å². The number of carbonyl (C=O) groups excluding carboxylic acids is 1. The molecule has 3 rings (SSSR count). The Morgan fingerprint density at radius 2 is 1.52 bits per heavy atom. The van der Waals surface area contributed by atoms with E-state index in [4.69, 9.17) is 0 Å². The van der Waals surface area contributed by atoms with Gasteiger partial charge >= 0.3 is 0 Å². The average molecular weight is 382 g/mol. The van der Waals surface area contributed by atoms with Gasteiger partial charge in [0.05, 0.1) is 0 Å². The molecule has 3 heteroatoms. The highest BCUT2D eigenvalue weighted by Gasteiger charge is 2.42. The molecule has 1 fully saturated rings. The summed E-state index contributed by atoms with van der Waals surface area (Å²) < 4.78 is 14.8. The van der Waals surface area contributed by atoms with Crippen molar-refractivity contribution in [2.24, 2.45) is 5.92 Å². The SMILES string of the molecule is CCCCC[C@H]1CC(=O)CCC[C@@H]1P(=O)(c1ccccc1)c1ccccc1. The van der Waals surface area contributed by atoms with Crippen LogP contribution in [0.1, 0.15) is 58.3 Å². The van der Waals surface area contributed by atoms with Gasteiger partial charge in [0.1, 0.15) is 12.9 Å². The number of rotatable bonds is 7. The number of hydrogen-bond acceptors (Lipinski definition) is 2. The highest BCUT2D eigenvalue weighted by Crippen LogP contribution is 2.55. The van der Waals surface area contributed by atoms with Crippen LogP contribution >= 0.6 is 7.14 Å². The Hall–Kier alpha value is -1.66. The Balaban J connectivity index is 2.05. The molecule has 0 saturated heterocycles. The second-order valence-electron chi connectivity index (χ2n) is 7.79. The van der Waals surface area contributed by atoms with Crippen LogP contribution in [0.3, 0.4) is 0 Å². The van der Waals surface area contributed by atoms with E-state index in [-0.39, 0.29) is 11.6 Å². The molecule has 1 aliphatic rings. The second-order valence-corrected chi connectivity index (χ2v) is 10.8. The minimum Gasteiger partial charge on any atom is -0.313 e. The first kappa shape index (κ1) is 20.1. The summed E-state index contributed by atoms with van der Waals surface area (Å²) in [6.45, 7) is 2.20. The van der Waals surface area contributed by atoms with Crippen LogP contribution in [0.15, 0.2) is 60.7 Å². The van der Waals surface area contributed by atoms with Gasteiger partial charge in [-0.2, -0.15) is 0 Å². The fourth-order valence-electron chi connectivity index (χ4n) is 4.54. The third-order valence-electron chi connectivity index (χ3n) is 5.91. The van der Waals surface area contributed by atoms with E-state index in [2.05, 4.69) is 6.92 Å². The van der Waals surface area contributed by atoms with E-state index in [1.54, 1.807) is 0 Å². The summed E-state index contributed by atoms with van der Waals surface area (Å²) in [6, 6.07) is 20.0. The van der Waals surface area contributed by atoms with Crippen molar-refractivity contribution >= 4 is 23.5 Å². The fraction of sp³-hybridized carbons (Fsp3) is 0.458. The normalized spacial score (nSPS) is 21.0. The number of carbonyl (C=O) groups is 1. The third kappa shape index (κ3) is 4.61. The molecule has 0 unspecified atom stereocenters. The van der Waals surface area contributed by atoms with Gasteiger partial charge in [0.15, 0.2) is 0 Å². The Bertz CT molecular complexity index is 726. The van der Waals surface area contributed by atoms with Crippen molar-refractivity contribution in [1.82, 2.24) is 0 Å². The first-order chi connectivity index (χ1) is 13.2. The van der Waals surface area contributed by atoms with Crippen molar-refractivity contribution in [3.8, 4) is 0 Å². The van der Waals surface area contributed by atoms with Gasteiger partial charge in [-0.25, -0.2) is 0 Å². The van der Waals surface area contributed by atoms with Gasteiger partial charge in [-0.15, -0.1) is 0 Å². The Morgan fingerprint density at radius 3 is 2.07 bits per heavy atom. The van der Waals surface area contributed by atoms with Crippen molar-refractivity contribution in [3.05, 3.63) is 60.7 Å². The highest BCUT2D eigenvalue weighted by atomic mass is 31.2. The van der Waals surface area contributed by atoms with Crippen molar-refractivity contribution in [1.29, 1.82) is 0 Å². The number of benzene rings is 2. The summed E-state index contributed by atoms with van der Waals surface area (Å²) >= 11 is 0. The summed E-state index contributed by atoms with van der Waals surface area (Å²) in [5, 5.41) is 1.88. The molecule has 144 valence electrons. The minimum atomic E-state index is -2.81. The number of ketones is 1. The lowest BCUT2D eigenvalue weighted by atomic mass is 9.93. The summed E-state index contributed by atoms with van der Waals surface area (Å²) in [5.41, 5.74) is 0.0607. The maximum Gasteiger partial charge on any atom is 0.146 e. The quantitative estimate of drug-likeness (QED) is 0.349. The zero-order chi connectivity index (χ0) is 19.1. The summed E-state index contributed by atoms with van der Waals surface area (Å²) in [5.74, 6) is 0.574. The van der Waals surface area contributed by atoms with Crippen molar-refractivity contribution in [2.75, 3.05) is 0 Å². The maximum atomic E-state index is 14.8. The zero-order valence-corrected chi connectivity index (χ0v) is 17.2. The lowest BCUT2D eigenvalue weighted by Crippen LogP contribution is -2.31. The topological polar surface area (TPSA) is 34.1 Å². The largest absolute Gasteiger partial charge is 0.313 e. The molecule has 0 bridgehead atoms. The molecule has 0 spiro atoms. The molecule has 27 heavy (non-hydrogen) atoms. The van der Waals surface area contributed by atoms with E-state index in [1.807, 2.05) is 60.7 Å². The Labute approximate surface area is 163 Å². The lowest BCUT2D eigenvalue weighted by molar-refractivity contribution is -0.119. The second kappa shape index (κ2) is 9.51. The van der Waals surface area contributed by atoms with Crippen molar-refractivity contribution in [3.63, 3.8) is 0 Å².